The van der Waals surface area contributed by atoms with Gasteiger partial charge in [0.25, 0.3) is 0 Å². The van der Waals surface area contributed by atoms with Crippen molar-refractivity contribution >= 4 is 0 Å². The summed E-state index contributed by atoms with van der Waals surface area (Å²) in [5, 5.41) is 0. The Kier molecular flexibility index (Phi) is 5.35. The average Bonchev–Trinajstić information content (AvgIpc) is 2.52. The van der Waals surface area contributed by atoms with Crippen LogP contribution in [-0.4, -0.2) is 11.3 Å². The number of hydrogen-bond donors (Lipinski definition) is 4. The van der Waals surface area contributed by atoms with E-state index in [-0.39, 0.29) is 0 Å². The molecule has 0 aliphatic heterocycles. The highest BCUT2D eigenvalue weighted by atomic mass is 14.9. The Labute approximate surface area is 146 Å². The van der Waals surface area contributed by atoms with Crippen molar-refractivity contribution in [2.75, 3.05) is 0 Å². The van der Waals surface area contributed by atoms with Gasteiger partial charge in [-0.05, 0) is 83.4 Å². The zero-order valence-electron chi connectivity index (χ0n) is 15.4. The molecule has 0 aromatic rings. The van der Waals surface area contributed by atoms with Crippen LogP contribution in [0.1, 0.15) is 53.4 Å². The molecule has 24 heavy (non-hydrogen) atoms. The second-order valence-electron chi connectivity index (χ2n) is 6.84. The van der Waals surface area contributed by atoms with Crippen molar-refractivity contribution in [3.63, 3.8) is 0 Å². The van der Waals surface area contributed by atoms with Gasteiger partial charge >= 0.3 is 0 Å². The first-order valence-electron chi connectivity index (χ1n) is 8.96. The van der Waals surface area contributed by atoms with Crippen LogP contribution in [0.15, 0.2) is 57.7 Å². The lowest BCUT2D eigenvalue weighted by atomic mass is 9.75. The normalized spacial score (nSPS) is 22.7. The van der Waals surface area contributed by atoms with Crippen LogP contribution in [0.3, 0.4) is 0 Å². The van der Waals surface area contributed by atoms with E-state index in [1.165, 1.54) is 33.4 Å². The molecule has 4 nitrogen and oxygen atoms in total. The predicted molar refractivity (Wildman–Crippen MR) is 103 cm³/mol. The van der Waals surface area contributed by atoms with E-state index in [0.717, 1.165) is 25.7 Å². The first kappa shape index (κ1) is 18.9. The SMILES string of the molecule is CCC1=CC(N)(N)C=C(CC)C1=C1C(CC)=CC(N)(N)C=C1CC. The van der Waals surface area contributed by atoms with Gasteiger partial charge in [-0.15, -0.1) is 0 Å². The van der Waals surface area contributed by atoms with Gasteiger partial charge in [-0.3, -0.25) is 0 Å². The Hall–Kier alpha value is -1.46. The molecule has 0 fully saturated rings. The summed E-state index contributed by atoms with van der Waals surface area (Å²) in [5.74, 6) is 0. The second-order valence-corrected chi connectivity index (χ2v) is 6.84. The number of allylic oxidation sites excluding steroid dienone is 6. The second kappa shape index (κ2) is 6.81. The van der Waals surface area contributed by atoms with Gasteiger partial charge in [0.2, 0.25) is 0 Å². The van der Waals surface area contributed by atoms with Crippen LogP contribution in [-0.2, 0) is 0 Å². The third-order valence-corrected chi connectivity index (χ3v) is 4.75. The van der Waals surface area contributed by atoms with Crippen molar-refractivity contribution in [3.8, 4) is 0 Å². The van der Waals surface area contributed by atoms with Crippen molar-refractivity contribution < 1.29 is 0 Å². The largest absolute Gasteiger partial charge is 0.307 e. The van der Waals surface area contributed by atoms with Gasteiger partial charge in [-0.2, -0.15) is 0 Å². The summed E-state index contributed by atoms with van der Waals surface area (Å²) in [6.07, 6.45) is 11.5. The van der Waals surface area contributed by atoms with Crippen LogP contribution in [0, 0.1) is 0 Å². The van der Waals surface area contributed by atoms with Crippen LogP contribution < -0.4 is 22.9 Å². The fourth-order valence-corrected chi connectivity index (χ4v) is 3.75. The smallest absolute Gasteiger partial charge is 0.103 e. The minimum absolute atomic E-state index is 0.882. The molecule has 0 saturated heterocycles. The summed E-state index contributed by atoms with van der Waals surface area (Å²) >= 11 is 0. The molecule has 2 aliphatic carbocycles. The van der Waals surface area contributed by atoms with Crippen LogP contribution >= 0.6 is 0 Å². The molecule has 0 heterocycles. The Morgan fingerprint density at radius 2 is 0.750 bits per heavy atom. The fourth-order valence-electron chi connectivity index (χ4n) is 3.75. The van der Waals surface area contributed by atoms with Gasteiger partial charge < -0.3 is 22.9 Å². The molecule has 0 saturated carbocycles. The molecule has 0 aromatic carbocycles. The lowest BCUT2D eigenvalue weighted by molar-refractivity contribution is 0.659. The molecule has 8 N–H and O–H groups in total. The van der Waals surface area contributed by atoms with Gasteiger partial charge in [0.05, 0.1) is 0 Å². The van der Waals surface area contributed by atoms with Gasteiger partial charge in [-0.25, -0.2) is 0 Å². The Bertz CT molecular complexity index is 560. The first-order chi connectivity index (χ1) is 11.2. The van der Waals surface area contributed by atoms with Gasteiger partial charge in [0.15, 0.2) is 0 Å². The standard InChI is InChI=1S/C20H32N4/c1-5-13-9-19(21,22)10-14(6-2)17(13)18-15(7-3)11-20(23,24)12-16(18)8-4/h9-12H,5-8,21-24H2,1-4H3. The van der Waals surface area contributed by atoms with Crippen LogP contribution in [0.4, 0.5) is 0 Å². The predicted octanol–water partition coefficient (Wildman–Crippen LogP) is 2.88. The van der Waals surface area contributed by atoms with E-state index >= 15 is 0 Å². The minimum atomic E-state index is -0.882. The van der Waals surface area contributed by atoms with Crippen LogP contribution in [0.2, 0.25) is 0 Å². The molecule has 2 aliphatic rings. The fraction of sp³-hybridized carbons (Fsp3) is 0.500. The van der Waals surface area contributed by atoms with Gasteiger partial charge in [-0.1, -0.05) is 27.7 Å². The molecule has 0 unspecified atom stereocenters. The molecule has 132 valence electrons. The van der Waals surface area contributed by atoms with E-state index in [2.05, 4.69) is 27.7 Å². The third-order valence-electron chi connectivity index (χ3n) is 4.75. The topological polar surface area (TPSA) is 104 Å². The summed E-state index contributed by atoms with van der Waals surface area (Å²) in [7, 11) is 0. The van der Waals surface area contributed by atoms with Crippen LogP contribution in [0.5, 0.6) is 0 Å². The molecule has 0 radical (unpaired) electrons. The van der Waals surface area contributed by atoms with Crippen molar-refractivity contribution in [2.45, 2.75) is 64.7 Å². The zero-order valence-corrected chi connectivity index (χ0v) is 15.4. The summed E-state index contributed by atoms with van der Waals surface area (Å²) in [6.45, 7) is 8.57. The summed E-state index contributed by atoms with van der Waals surface area (Å²) in [5.41, 5.74) is 30.4. The first-order valence-corrected chi connectivity index (χ1v) is 8.96. The maximum absolute atomic E-state index is 6.21. The molecule has 0 atom stereocenters. The van der Waals surface area contributed by atoms with Crippen LogP contribution in [0.25, 0.3) is 0 Å². The van der Waals surface area contributed by atoms with E-state index < -0.39 is 11.3 Å². The molecule has 0 amide bonds. The summed E-state index contributed by atoms with van der Waals surface area (Å²) in [4.78, 5) is 0. The van der Waals surface area contributed by atoms with Gasteiger partial charge in [0, 0.05) is 0 Å². The molecule has 4 heteroatoms. The van der Waals surface area contributed by atoms with E-state index in [9.17, 15) is 0 Å². The van der Waals surface area contributed by atoms with Crippen molar-refractivity contribution in [2.24, 2.45) is 22.9 Å². The summed E-state index contributed by atoms with van der Waals surface area (Å²) < 4.78 is 0. The molecule has 0 aromatic heterocycles. The molecular weight excluding hydrogens is 296 g/mol. The Balaban J connectivity index is 2.79. The maximum atomic E-state index is 6.21. The summed E-state index contributed by atoms with van der Waals surface area (Å²) in [6, 6.07) is 0. The molecular formula is C20H32N4. The van der Waals surface area contributed by atoms with E-state index in [1.807, 2.05) is 24.3 Å². The zero-order chi connectivity index (χ0) is 18.1. The van der Waals surface area contributed by atoms with Crippen molar-refractivity contribution in [1.82, 2.24) is 0 Å². The lowest BCUT2D eigenvalue weighted by Gasteiger charge is -2.34. The van der Waals surface area contributed by atoms with E-state index in [0.29, 0.717) is 0 Å². The molecule has 0 bridgehead atoms. The van der Waals surface area contributed by atoms with Gasteiger partial charge in [0.1, 0.15) is 11.3 Å². The lowest BCUT2D eigenvalue weighted by Crippen LogP contribution is -2.48. The minimum Gasteiger partial charge on any atom is -0.307 e. The number of nitrogens with two attached hydrogens (primary N) is 4. The average molecular weight is 329 g/mol. The highest BCUT2D eigenvalue weighted by molar-refractivity contribution is 5.66. The third kappa shape index (κ3) is 3.62. The Morgan fingerprint density at radius 3 is 0.917 bits per heavy atom. The molecule has 0 spiro atoms. The van der Waals surface area contributed by atoms with Crippen molar-refractivity contribution in [3.05, 3.63) is 57.7 Å². The Morgan fingerprint density at radius 1 is 0.542 bits per heavy atom. The number of hydrogen-bond acceptors (Lipinski definition) is 4. The highest BCUT2D eigenvalue weighted by Crippen LogP contribution is 2.42. The van der Waals surface area contributed by atoms with Crippen molar-refractivity contribution in [1.29, 1.82) is 0 Å². The quantitative estimate of drug-likeness (QED) is 0.596. The monoisotopic (exact) mass is 328 g/mol. The molecule has 2 rings (SSSR count). The number of rotatable bonds is 4. The maximum Gasteiger partial charge on any atom is 0.103 e. The highest BCUT2D eigenvalue weighted by Gasteiger charge is 2.30. The van der Waals surface area contributed by atoms with E-state index in [4.69, 9.17) is 22.9 Å². The van der Waals surface area contributed by atoms with E-state index in [1.54, 1.807) is 0 Å².